The van der Waals surface area contributed by atoms with Crippen molar-refractivity contribution in [3.8, 4) is 0 Å². The predicted octanol–water partition coefficient (Wildman–Crippen LogP) is 5.77. The topological polar surface area (TPSA) is 63.6 Å². The summed E-state index contributed by atoms with van der Waals surface area (Å²) in [5.41, 5.74) is 3.44. The Balaban J connectivity index is 0.000000280. The number of carbonyl (C=O) groups excluding carboxylic acids is 1. The van der Waals surface area contributed by atoms with Gasteiger partial charge in [-0.05, 0) is 34.9 Å². The summed E-state index contributed by atoms with van der Waals surface area (Å²) in [6.07, 6.45) is 0.697. The van der Waals surface area contributed by atoms with E-state index in [0.717, 1.165) is 11.1 Å². The average molecular weight is 385 g/mol. The molecule has 0 heterocycles. The van der Waals surface area contributed by atoms with Crippen LogP contribution < -0.4 is 0 Å². The molecule has 0 aliphatic carbocycles. The van der Waals surface area contributed by atoms with E-state index in [1.807, 2.05) is 56.3 Å². The van der Waals surface area contributed by atoms with E-state index in [-0.39, 0.29) is 18.5 Å². The first-order valence-corrected chi connectivity index (χ1v) is 9.73. The van der Waals surface area contributed by atoms with Gasteiger partial charge in [0.05, 0.1) is 0 Å². The van der Waals surface area contributed by atoms with E-state index in [0.29, 0.717) is 18.3 Å². The van der Waals surface area contributed by atoms with Crippen molar-refractivity contribution in [2.75, 3.05) is 0 Å². The second-order valence-corrected chi connectivity index (χ2v) is 7.47. The number of hydrogen-bond acceptors (Lipinski definition) is 3. The predicted molar refractivity (Wildman–Crippen MR) is 112 cm³/mol. The zero-order valence-corrected chi connectivity index (χ0v) is 17.5. The molecule has 1 unspecified atom stereocenters. The zero-order valence-electron chi connectivity index (χ0n) is 17.5. The van der Waals surface area contributed by atoms with Crippen LogP contribution in [0.15, 0.2) is 54.6 Å². The van der Waals surface area contributed by atoms with Crippen LogP contribution in [0.3, 0.4) is 0 Å². The Morgan fingerprint density at radius 3 is 1.89 bits per heavy atom. The molecule has 0 aromatic heterocycles. The number of carboxylic acid groups (broad SMARTS) is 1. The maximum Gasteiger partial charge on any atom is 0.303 e. The normalized spacial score (nSPS) is 11.5. The molecule has 0 aliphatic rings. The summed E-state index contributed by atoms with van der Waals surface area (Å²) < 4.78 is 5.26. The molecule has 2 aromatic rings. The van der Waals surface area contributed by atoms with Gasteiger partial charge in [-0.15, -0.1) is 0 Å². The van der Waals surface area contributed by atoms with Crippen LogP contribution in [0, 0.1) is 5.92 Å². The summed E-state index contributed by atoms with van der Waals surface area (Å²) in [7, 11) is 0. The third kappa shape index (κ3) is 8.85. The number of carboxylic acids is 1. The van der Waals surface area contributed by atoms with Crippen LogP contribution >= 0.6 is 0 Å². The number of hydrogen-bond donors (Lipinski definition) is 1. The number of esters is 1. The molecule has 0 aliphatic heterocycles. The second-order valence-electron chi connectivity index (χ2n) is 7.47. The first-order chi connectivity index (χ1) is 13.2. The van der Waals surface area contributed by atoms with Gasteiger partial charge in [-0.1, -0.05) is 82.3 Å². The molecule has 4 heteroatoms. The van der Waals surface area contributed by atoms with Gasteiger partial charge in [-0.25, -0.2) is 0 Å². The molecule has 0 saturated carbocycles. The molecule has 2 rings (SSSR count). The summed E-state index contributed by atoms with van der Waals surface area (Å²) in [6, 6.07) is 18.0. The minimum absolute atomic E-state index is 0.131. The van der Waals surface area contributed by atoms with Gasteiger partial charge in [0.25, 0.3) is 0 Å². The van der Waals surface area contributed by atoms with Crippen molar-refractivity contribution in [3.63, 3.8) is 0 Å². The summed E-state index contributed by atoms with van der Waals surface area (Å²) >= 11 is 0. The number of aryl methyl sites for hydroxylation is 1. The molecule has 152 valence electrons. The third-order valence-corrected chi connectivity index (χ3v) is 4.30. The quantitative estimate of drug-likeness (QED) is 0.615. The fourth-order valence-corrected chi connectivity index (χ4v) is 2.73. The van der Waals surface area contributed by atoms with Crippen molar-refractivity contribution in [1.29, 1.82) is 0 Å². The molecular formula is C24H32O4. The molecule has 0 spiro atoms. The highest BCUT2D eigenvalue weighted by Gasteiger charge is 2.18. The fraction of sp³-hybridized carbons (Fsp3) is 0.417. The smallest absolute Gasteiger partial charge is 0.303 e. The van der Waals surface area contributed by atoms with E-state index in [2.05, 4.69) is 26.0 Å². The number of ether oxygens (including phenoxy) is 1. The van der Waals surface area contributed by atoms with E-state index in [4.69, 9.17) is 9.84 Å². The third-order valence-electron chi connectivity index (χ3n) is 4.30. The molecule has 2 aromatic carbocycles. The van der Waals surface area contributed by atoms with Gasteiger partial charge in [-0.3, -0.25) is 9.59 Å². The average Bonchev–Trinajstić information content (AvgIpc) is 2.65. The first kappa shape index (κ1) is 23.4. The van der Waals surface area contributed by atoms with Gasteiger partial charge in [0.15, 0.2) is 0 Å². The minimum Gasteiger partial charge on any atom is -0.481 e. The Morgan fingerprint density at radius 1 is 0.893 bits per heavy atom. The largest absolute Gasteiger partial charge is 0.481 e. The van der Waals surface area contributed by atoms with Crippen LogP contribution in [0.1, 0.15) is 69.8 Å². The van der Waals surface area contributed by atoms with E-state index in [1.165, 1.54) is 12.5 Å². The number of carbonyl (C=O) groups is 2. The Hall–Kier alpha value is -2.62. The lowest BCUT2D eigenvalue weighted by Gasteiger charge is -2.20. The monoisotopic (exact) mass is 384 g/mol. The van der Waals surface area contributed by atoms with Crippen LogP contribution in [-0.4, -0.2) is 17.0 Å². The molecule has 0 saturated heterocycles. The van der Waals surface area contributed by atoms with E-state index < -0.39 is 5.97 Å². The van der Waals surface area contributed by atoms with Crippen molar-refractivity contribution < 1.29 is 19.4 Å². The van der Waals surface area contributed by atoms with E-state index in [1.54, 1.807) is 0 Å². The van der Waals surface area contributed by atoms with Crippen LogP contribution in [-0.2, 0) is 20.7 Å². The lowest BCUT2D eigenvalue weighted by atomic mass is 9.99. The van der Waals surface area contributed by atoms with Crippen LogP contribution in [0.2, 0.25) is 0 Å². The van der Waals surface area contributed by atoms with Crippen molar-refractivity contribution in [3.05, 3.63) is 71.3 Å². The van der Waals surface area contributed by atoms with Gasteiger partial charge < -0.3 is 9.84 Å². The highest BCUT2D eigenvalue weighted by Crippen LogP contribution is 2.25. The van der Waals surface area contributed by atoms with E-state index >= 15 is 0 Å². The molecule has 4 nitrogen and oxygen atoms in total. The van der Waals surface area contributed by atoms with Gasteiger partial charge >= 0.3 is 11.9 Å². The van der Waals surface area contributed by atoms with E-state index in [9.17, 15) is 9.59 Å². The zero-order chi connectivity index (χ0) is 21.1. The van der Waals surface area contributed by atoms with Crippen LogP contribution in [0.5, 0.6) is 0 Å². The highest BCUT2D eigenvalue weighted by molar-refractivity contribution is 5.67. The first-order valence-electron chi connectivity index (χ1n) is 9.73. The number of rotatable bonds is 7. The molecule has 0 fully saturated rings. The molecule has 28 heavy (non-hydrogen) atoms. The number of benzene rings is 2. The lowest BCUT2D eigenvalue weighted by Crippen LogP contribution is -2.14. The van der Waals surface area contributed by atoms with Crippen LogP contribution in [0.4, 0.5) is 0 Å². The van der Waals surface area contributed by atoms with Crippen molar-refractivity contribution in [2.45, 2.75) is 59.5 Å². The molecule has 0 radical (unpaired) electrons. The maximum atomic E-state index is 10.9. The fourth-order valence-electron chi connectivity index (χ4n) is 2.73. The summed E-state index contributed by atoms with van der Waals surface area (Å²) in [5.74, 6) is -0.143. The summed E-state index contributed by atoms with van der Waals surface area (Å²) in [5, 5.41) is 8.52. The Kier molecular flexibility index (Phi) is 10.0. The number of aliphatic carboxylic acids is 1. The molecule has 1 N–H and O–H groups in total. The summed E-state index contributed by atoms with van der Waals surface area (Å²) in [6.45, 7) is 9.82. The molecular weight excluding hydrogens is 352 g/mol. The van der Waals surface area contributed by atoms with Crippen molar-refractivity contribution >= 4 is 11.9 Å². The maximum absolute atomic E-state index is 10.9. The van der Waals surface area contributed by atoms with Crippen molar-refractivity contribution in [1.82, 2.24) is 0 Å². The van der Waals surface area contributed by atoms with Gasteiger partial charge in [0, 0.05) is 13.3 Å². The SMILES string of the molecule is CC(=O)OC(c1ccccc1)C(C)C.CC(C)c1ccc(CCC(=O)O)cc1. The Morgan fingerprint density at radius 2 is 1.46 bits per heavy atom. The van der Waals surface area contributed by atoms with Gasteiger partial charge in [0.2, 0.25) is 0 Å². The summed E-state index contributed by atoms with van der Waals surface area (Å²) in [4.78, 5) is 21.3. The van der Waals surface area contributed by atoms with Crippen molar-refractivity contribution in [2.24, 2.45) is 5.92 Å². The lowest BCUT2D eigenvalue weighted by molar-refractivity contribution is -0.149. The minimum atomic E-state index is -0.738. The Bertz CT molecular complexity index is 718. The van der Waals surface area contributed by atoms with Gasteiger partial charge in [-0.2, -0.15) is 0 Å². The molecule has 0 amide bonds. The Labute approximate surface area is 168 Å². The van der Waals surface area contributed by atoms with Crippen LogP contribution in [0.25, 0.3) is 0 Å². The standard InChI is InChI=1S/2C12H16O2/c1-9(2)11-6-3-10(4-7-11)5-8-12(13)14;1-9(2)12(14-10(3)13)11-7-5-4-6-8-11/h3-4,6-7,9H,5,8H2,1-2H3,(H,13,14);4-9,12H,1-3H3. The molecule has 0 bridgehead atoms. The highest BCUT2D eigenvalue weighted by atomic mass is 16.5. The molecule has 1 atom stereocenters. The van der Waals surface area contributed by atoms with Gasteiger partial charge in [0.1, 0.15) is 6.10 Å². The second kappa shape index (κ2) is 12.0.